The van der Waals surface area contributed by atoms with Crippen molar-refractivity contribution in [2.75, 3.05) is 19.6 Å². The molecule has 2 nitrogen and oxygen atoms in total. The third-order valence-corrected chi connectivity index (χ3v) is 4.86. The average molecular weight is 268 g/mol. The molecule has 1 fully saturated rings. The lowest BCUT2D eigenvalue weighted by Gasteiger charge is -2.41. The third kappa shape index (κ3) is 5.83. The second kappa shape index (κ2) is 7.64. The van der Waals surface area contributed by atoms with Gasteiger partial charge in [-0.05, 0) is 57.5 Å². The van der Waals surface area contributed by atoms with Gasteiger partial charge in [0.25, 0.3) is 0 Å². The van der Waals surface area contributed by atoms with Gasteiger partial charge >= 0.3 is 0 Å². The van der Waals surface area contributed by atoms with Crippen molar-refractivity contribution < 1.29 is 0 Å². The van der Waals surface area contributed by atoms with Crippen LogP contribution in [-0.4, -0.2) is 36.6 Å². The van der Waals surface area contributed by atoms with Crippen molar-refractivity contribution in [2.24, 2.45) is 11.3 Å². The predicted molar refractivity (Wildman–Crippen MR) is 85.6 cm³/mol. The molecule has 2 atom stereocenters. The first-order valence-corrected chi connectivity index (χ1v) is 8.32. The molecule has 1 aliphatic rings. The first kappa shape index (κ1) is 17.0. The van der Waals surface area contributed by atoms with Crippen LogP contribution >= 0.6 is 0 Å². The molecular formula is C17H36N2. The average Bonchev–Trinajstić information content (AvgIpc) is 2.35. The lowest BCUT2D eigenvalue weighted by molar-refractivity contribution is 0.0866. The van der Waals surface area contributed by atoms with Crippen LogP contribution in [0.25, 0.3) is 0 Å². The Labute approximate surface area is 121 Å². The Morgan fingerprint density at radius 3 is 2.21 bits per heavy atom. The van der Waals surface area contributed by atoms with Crippen molar-refractivity contribution in [2.45, 2.75) is 79.3 Å². The number of nitrogens with one attached hydrogen (secondary N) is 1. The van der Waals surface area contributed by atoms with E-state index in [-0.39, 0.29) is 0 Å². The fourth-order valence-corrected chi connectivity index (χ4v) is 3.24. The number of nitrogens with zero attached hydrogens (tertiary/aromatic N) is 1. The van der Waals surface area contributed by atoms with E-state index in [2.05, 4.69) is 51.8 Å². The van der Waals surface area contributed by atoms with Crippen molar-refractivity contribution in [3.8, 4) is 0 Å². The molecule has 114 valence electrons. The van der Waals surface area contributed by atoms with Crippen LogP contribution in [0.5, 0.6) is 0 Å². The zero-order chi connectivity index (χ0) is 14.5. The molecule has 0 aromatic rings. The molecule has 0 aliphatic carbocycles. The molecule has 1 aliphatic heterocycles. The number of hydrogen-bond donors (Lipinski definition) is 1. The zero-order valence-electron chi connectivity index (χ0n) is 14.1. The van der Waals surface area contributed by atoms with Gasteiger partial charge in [0, 0.05) is 18.6 Å². The number of hydrogen-bond acceptors (Lipinski definition) is 2. The molecule has 1 N–H and O–H groups in total. The van der Waals surface area contributed by atoms with Gasteiger partial charge in [-0.2, -0.15) is 0 Å². The monoisotopic (exact) mass is 268 g/mol. The molecule has 1 heterocycles. The minimum absolute atomic E-state index is 0.489. The Morgan fingerprint density at radius 2 is 1.74 bits per heavy atom. The molecule has 0 radical (unpaired) electrons. The van der Waals surface area contributed by atoms with Gasteiger partial charge < -0.3 is 5.32 Å². The number of piperidine rings is 1. The summed E-state index contributed by atoms with van der Waals surface area (Å²) >= 11 is 0. The van der Waals surface area contributed by atoms with E-state index in [1.165, 1.54) is 38.8 Å². The van der Waals surface area contributed by atoms with Crippen LogP contribution in [0.3, 0.4) is 0 Å². The van der Waals surface area contributed by atoms with E-state index in [9.17, 15) is 0 Å². The minimum atomic E-state index is 0.489. The molecule has 0 amide bonds. The van der Waals surface area contributed by atoms with Crippen molar-refractivity contribution in [3.05, 3.63) is 0 Å². The van der Waals surface area contributed by atoms with Gasteiger partial charge in [-0.1, -0.05) is 34.1 Å². The van der Waals surface area contributed by atoms with Gasteiger partial charge in [0.05, 0.1) is 0 Å². The highest BCUT2D eigenvalue weighted by atomic mass is 15.2. The van der Waals surface area contributed by atoms with E-state index in [4.69, 9.17) is 0 Å². The molecule has 0 aromatic heterocycles. The van der Waals surface area contributed by atoms with Crippen LogP contribution < -0.4 is 5.32 Å². The van der Waals surface area contributed by atoms with Crippen molar-refractivity contribution in [1.29, 1.82) is 0 Å². The highest BCUT2D eigenvalue weighted by molar-refractivity contribution is 4.83. The molecule has 19 heavy (non-hydrogen) atoms. The van der Waals surface area contributed by atoms with Crippen LogP contribution in [0.15, 0.2) is 0 Å². The standard InChI is InChI=1S/C17H36N2/c1-7-8-14(2)18-13-15(3)19-11-9-16(10-12-19)17(4,5)6/h14-16,18H,7-13H2,1-6H3. The maximum Gasteiger partial charge on any atom is 0.0192 e. The van der Waals surface area contributed by atoms with Gasteiger partial charge in [0.1, 0.15) is 0 Å². The Bertz CT molecular complexity index is 236. The summed E-state index contributed by atoms with van der Waals surface area (Å²) in [7, 11) is 0. The molecule has 1 rings (SSSR count). The molecule has 2 unspecified atom stereocenters. The molecule has 0 spiro atoms. The Balaban J connectivity index is 2.27. The number of likely N-dealkylation sites (tertiary alicyclic amines) is 1. The van der Waals surface area contributed by atoms with Crippen LogP contribution in [0.1, 0.15) is 67.2 Å². The Kier molecular flexibility index (Phi) is 6.82. The van der Waals surface area contributed by atoms with Crippen LogP contribution in [0.2, 0.25) is 0 Å². The van der Waals surface area contributed by atoms with Crippen molar-refractivity contribution >= 4 is 0 Å². The van der Waals surface area contributed by atoms with Crippen LogP contribution in [-0.2, 0) is 0 Å². The van der Waals surface area contributed by atoms with Crippen LogP contribution in [0, 0.1) is 11.3 Å². The van der Waals surface area contributed by atoms with E-state index in [1.807, 2.05) is 0 Å². The molecule has 0 aromatic carbocycles. The van der Waals surface area contributed by atoms with Crippen molar-refractivity contribution in [1.82, 2.24) is 10.2 Å². The minimum Gasteiger partial charge on any atom is -0.313 e. The second-order valence-electron chi connectivity index (χ2n) is 7.62. The van der Waals surface area contributed by atoms with Crippen LogP contribution in [0.4, 0.5) is 0 Å². The molecule has 2 heteroatoms. The fraction of sp³-hybridized carbons (Fsp3) is 1.00. The first-order valence-electron chi connectivity index (χ1n) is 8.32. The highest BCUT2D eigenvalue weighted by Gasteiger charge is 2.30. The van der Waals surface area contributed by atoms with E-state index in [1.54, 1.807) is 0 Å². The summed E-state index contributed by atoms with van der Waals surface area (Å²) in [4.78, 5) is 2.67. The number of rotatable bonds is 6. The van der Waals surface area contributed by atoms with E-state index in [0.717, 1.165) is 12.5 Å². The zero-order valence-corrected chi connectivity index (χ0v) is 14.1. The summed E-state index contributed by atoms with van der Waals surface area (Å²) in [6.07, 6.45) is 5.31. The topological polar surface area (TPSA) is 15.3 Å². The summed E-state index contributed by atoms with van der Waals surface area (Å²) in [5, 5.41) is 3.68. The largest absolute Gasteiger partial charge is 0.313 e. The second-order valence-corrected chi connectivity index (χ2v) is 7.62. The summed E-state index contributed by atoms with van der Waals surface area (Å²) < 4.78 is 0. The maximum absolute atomic E-state index is 3.68. The maximum atomic E-state index is 3.68. The fourth-order valence-electron chi connectivity index (χ4n) is 3.24. The lowest BCUT2D eigenvalue weighted by Crippen LogP contribution is -2.47. The SMILES string of the molecule is CCCC(C)NCC(C)N1CCC(C(C)(C)C)CC1. The van der Waals surface area contributed by atoms with E-state index in [0.29, 0.717) is 17.5 Å². The Morgan fingerprint density at radius 1 is 1.16 bits per heavy atom. The smallest absolute Gasteiger partial charge is 0.0192 e. The molecule has 0 saturated carbocycles. The summed E-state index contributed by atoms with van der Waals surface area (Å²) in [5.41, 5.74) is 0.489. The summed E-state index contributed by atoms with van der Waals surface area (Å²) in [6.45, 7) is 17.8. The van der Waals surface area contributed by atoms with Gasteiger partial charge in [0.15, 0.2) is 0 Å². The van der Waals surface area contributed by atoms with Gasteiger partial charge in [-0.15, -0.1) is 0 Å². The third-order valence-electron chi connectivity index (χ3n) is 4.86. The quantitative estimate of drug-likeness (QED) is 0.785. The normalized spacial score (nSPS) is 22.4. The predicted octanol–water partition coefficient (Wildman–Crippen LogP) is 3.91. The lowest BCUT2D eigenvalue weighted by atomic mass is 9.75. The summed E-state index contributed by atoms with van der Waals surface area (Å²) in [5.74, 6) is 0.905. The van der Waals surface area contributed by atoms with Gasteiger partial charge in [-0.3, -0.25) is 4.90 Å². The molecular weight excluding hydrogens is 232 g/mol. The van der Waals surface area contributed by atoms with Crippen molar-refractivity contribution in [3.63, 3.8) is 0 Å². The van der Waals surface area contributed by atoms with Gasteiger partial charge in [0.2, 0.25) is 0 Å². The van der Waals surface area contributed by atoms with Gasteiger partial charge in [-0.25, -0.2) is 0 Å². The van der Waals surface area contributed by atoms with E-state index < -0.39 is 0 Å². The molecule has 1 saturated heterocycles. The first-order chi connectivity index (χ1) is 8.84. The van der Waals surface area contributed by atoms with E-state index >= 15 is 0 Å². The highest BCUT2D eigenvalue weighted by Crippen LogP contribution is 2.34. The molecule has 0 bridgehead atoms. The summed E-state index contributed by atoms with van der Waals surface area (Å²) in [6, 6.07) is 1.35. The Hall–Kier alpha value is -0.0800.